The molecule has 0 aliphatic carbocycles. The van der Waals surface area contributed by atoms with Crippen LogP contribution in [0, 0.1) is 0 Å². The van der Waals surface area contributed by atoms with E-state index in [4.69, 9.17) is 0 Å². The van der Waals surface area contributed by atoms with E-state index in [1.807, 2.05) is 0 Å². The van der Waals surface area contributed by atoms with Gasteiger partial charge < -0.3 is 16.4 Å². The van der Waals surface area contributed by atoms with Crippen molar-refractivity contribution in [3.05, 3.63) is 0 Å². The van der Waals surface area contributed by atoms with Crippen LogP contribution in [0.1, 0.15) is 0 Å². The first-order valence-electron chi connectivity index (χ1n) is 0. The Morgan fingerprint density at radius 2 is 0.500 bits per heavy atom. The van der Waals surface area contributed by atoms with E-state index >= 15 is 0 Å². The summed E-state index contributed by atoms with van der Waals surface area (Å²) in [5.74, 6) is 0. The van der Waals surface area contributed by atoms with Crippen LogP contribution in [0.2, 0.25) is 0 Å². The summed E-state index contributed by atoms with van der Waals surface area (Å²) in [6.45, 7) is 0. The smallest absolute Gasteiger partial charge is 0.870 e. The minimum Gasteiger partial charge on any atom is -0.870 e. The van der Waals surface area contributed by atoms with Crippen molar-refractivity contribution in [2.75, 3.05) is 0 Å². The molecule has 0 aromatic carbocycles. The fourth-order valence-corrected chi connectivity index (χ4v) is 0. The van der Waals surface area contributed by atoms with Gasteiger partial charge in [-0.2, -0.15) is 0 Å². The van der Waals surface area contributed by atoms with Crippen molar-refractivity contribution in [3.63, 3.8) is 0 Å². The molecule has 0 aromatic heterocycles. The van der Waals surface area contributed by atoms with Gasteiger partial charge in [0, 0.05) is 0 Å². The predicted octanol–water partition coefficient (Wildman–Crippen LogP) is -0.533. The molecular weight excluding hydrogens is 149 g/mol. The van der Waals surface area contributed by atoms with E-state index in [0.717, 1.165) is 0 Å². The van der Waals surface area contributed by atoms with E-state index < -0.39 is 0 Å². The summed E-state index contributed by atoms with van der Waals surface area (Å²) in [5, 5.41) is 0. The summed E-state index contributed by atoms with van der Waals surface area (Å²) in [6.07, 6.45) is 0. The molecule has 4 heavy (non-hydrogen) atoms. The van der Waals surface area contributed by atoms with E-state index in [9.17, 15) is 0 Å². The van der Waals surface area contributed by atoms with Gasteiger partial charge in [-0.3, -0.25) is 0 Å². The van der Waals surface area contributed by atoms with Crippen molar-refractivity contribution in [3.8, 4) is 0 Å². The molecule has 0 atom stereocenters. The molecule has 3 N–H and O–H groups in total. The first-order valence-corrected chi connectivity index (χ1v) is 0. The quantitative estimate of drug-likeness (QED) is 0.437. The van der Waals surface area contributed by atoms with E-state index in [0.29, 0.717) is 0 Å². The van der Waals surface area contributed by atoms with Crippen LogP contribution in [-0.2, 0) is 19.5 Å². The first kappa shape index (κ1) is 218. The minimum atomic E-state index is 0. The molecule has 0 heterocycles. The van der Waals surface area contributed by atoms with Crippen LogP contribution in [0.5, 0.6) is 0 Å². The van der Waals surface area contributed by atoms with Crippen molar-refractivity contribution in [1.29, 1.82) is 0 Å². The molecule has 29 valence electrons. The normalized spacial score (nSPS) is 0. The van der Waals surface area contributed by atoms with Crippen molar-refractivity contribution in [2.24, 2.45) is 0 Å². The van der Waals surface area contributed by atoms with Gasteiger partial charge in [-0.05, 0) is 0 Å². The molecule has 0 saturated carbocycles. The summed E-state index contributed by atoms with van der Waals surface area (Å²) in [5.41, 5.74) is 0. The average molecular weight is 152 g/mol. The van der Waals surface area contributed by atoms with Crippen LogP contribution in [0.4, 0.5) is 0 Å². The Morgan fingerprint density at radius 1 is 0.500 bits per heavy atom. The SMILES string of the molecule is [OH-].[OH-].[OH-].[Ru+3]. The molecule has 0 rings (SSSR count). The third-order valence-electron chi connectivity index (χ3n) is 0. The maximum absolute atomic E-state index is 0. The van der Waals surface area contributed by atoms with Crippen LogP contribution in [-0.4, -0.2) is 16.4 Å². The second-order valence-electron chi connectivity index (χ2n) is 0. The summed E-state index contributed by atoms with van der Waals surface area (Å²) in [6, 6.07) is 0. The van der Waals surface area contributed by atoms with E-state index in [1.54, 1.807) is 0 Å². The largest absolute Gasteiger partial charge is 3.00 e. The van der Waals surface area contributed by atoms with E-state index in [2.05, 4.69) is 0 Å². The monoisotopic (exact) mass is 153 g/mol. The molecule has 0 aliphatic rings. The maximum Gasteiger partial charge on any atom is 3.00 e. The number of hydrogen-bond acceptors (Lipinski definition) is 3. The Kier molecular flexibility index (Phi) is 4730. The Labute approximate surface area is 36.7 Å². The zero-order valence-electron chi connectivity index (χ0n) is 1.70. The van der Waals surface area contributed by atoms with Gasteiger partial charge in [0.1, 0.15) is 0 Å². The molecule has 1 radical (unpaired) electrons. The van der Waals surface area contributed by atoms with Gasteiger partial charge in [-0.15, -0.1) is 0 Å². The van der Waals surface area contributed by atoms with Gasteiger partial charge in [0.05, 0.1) is 0 Å². The van der Waals surface area contributed by atoms with Crippen LogP contribution in [0.3, 0.4) is 0 Å². The average Bonchev–Trinajstić information content (AvgIpc) is 0. The van der Waals surface area contributed by atoms with E-state index in [-0.39, 0.29) is 35.9 Å². The van der Waals surface area contributed by atoms with Gasteiger partial charge >= 0.3 is 19.5 Å². The molecular formula is H3O3Ru. The number of rotatable bonds is 0. The molecule has 0 fully saturated rings. The van der Waals surface area contributed by atoms with Crippen molar-refractivity contribution in [1.82, 2.24) is 0 Å². The zero-order valence-corrected chi connectivity index (χ0v) is 3.43. The molecule has 0 aromatic rings. The number of hydrogen-bond donors (Lipinski definition) is 0. The molecule has 4 heteroatoms. The third-order valence-corrected chi connectivity index (χ3v) is 0. The molecule has 0 amide bonds. The first-order chi connectivity index (χ1) is 0. The van der Waals surface area contributed by atoms with Crippen LogP contribution in [0.15, 0.2) is 0 Å². The van der Waals surface area contributed by atoms with Gasteiger partial charge in [0.25, 0.3) is 0 Å². The van der Waals surface area contributed by atoms with Crippen LogP contribution >= 0.6 is 0 Å². The van der Waals surface area contributed by atoms with Gasteiger partial charge in [0.2, 0.25) is 0 Å². The fourth-order valence-electron chi connectivity index (χ4n) is 0. The topological polar surface area (TPSA) is 90.0 Å². The van der Waals surface area contributed by atoms with Crippen LogP contribution < -0.4 is 0 Å². The molecule has 0 spiro atoms. The Balaban J connectivity index is 0. The maximum atomic E-state index is 0. The molecule has 0 saturated heterocycles. The molecule has 3 nitrogen and oxygen atoms in total. The Hall–Kier alpha value is 0.503. The standard InChI is InChI=1S/3H2O.Ru/h3*1H2;/q;;;+3/p-3. The predicted molar refractivity (Wildman–Crippen MR) is 5.81 cm³/mol. The summed E-state index contributed by atoms with van der Waals surface area (Å²) >= 11 is 0. The Bertz CT molecular complexity index is 3.25. The molecule has 0 aliphatic heterocycles. The van der Waals surface area contributed by atoms with Gasteiger partial charge in [-0.25, -0.2) is 0 Å². The second-order valence-corrected chi connectivity index (χ2v) is 0. The fraction of sp³-hybridized carbons (Fsp3) is 0. The van der Waals surface area contributed by atoms with Gasteiger partial charge in [-0.1, -0.05) is 0 Å². The summed E-state index contributed by atoms with van der Waals surface area (Å²) in [4.78, 5) is 0. The van der Waals surface area contributed by atoms with Crippen molar-refractivity contribution in [2.45, 2.75) is 0 Å². The minimum absolute atomic E-state index is 0. The van der Waals surface area contributed by atoms with Crippen molar-refractivity contribution >= 4 is 0 Å². The van der Waals surface area contributed by atoms with Crippen LogP contribution in [0.25, 0.3) is 0 Å². The third kappa shape index (κ3) is 22.3. The van der Waals surface area contributed by atoms with Crippen molar-refractivity contribution < 1.29 is 35.9 Å². The molecule has 0 bridgehead atoms. The summed E-state index contributed by atoms with van der Waals surface area (Å²) < 4.78 is 0. The zero-order chi connectivity index (χ0) is 0. The van der Waals surface area contributed by atoms with E-state index in [1.165, 1.54) is 0 Å². The van der Waals surface area contributed by atoms with Gasteiger partial charge in [0.15, 0.2) is 0 Å². The molecule has 0 unspecified atom stereocenters. The Morgan fingerprint density at radius 3 is 0.500 bits per heavy atom. The second kappa shape index (κ2) is 86.6. The summed E-state index contributed by atoms with van der Waals surface area (Å²) in [7, 11) is 0.